The second kappa shape index (κ2) is 6.67. The smallest absolute Gasteiger partial charge is 0.307 e. The lowest BCUT2D eigenvalue weighted by Gasteiger charge is -2.27. The van der Waals surface area contributed by atoms with Crippen LogP contribution in [-0.2, 0) is 19.1 Å². The Bertz CT molecular complexity index is 497. The fourth-order valence-electron chi connectivity index (χ4n) is 2.60. The Labute approximate surface area is 135 Å². The van der Waals surface area contributed by atoms with Crippen LogP contribution in [0.3, 0.4) is 0 Å². The van der Waals surface area contributed by atoms with Gasteiger partial charge in [0.2, 0.25) is 11.4 Å². The zero-order valence-electron chi connectivity index (χ0n) is 14.2. The van der Waals surface area contributed by atoms with Gasteiger partial charge in [0.25, 0.3) is 0 Å². The number of esters is 1. The summed E-state index contributed by atoms with van der Waals surface area (Å²) < 4.78 is 5.10. The molecule has 4 atom stereocenters. The normalized spacial score (nSPS) is 26.6. The molecule has 0 aromatic heterocycles. The first-order valence-corrected chi connectivity index (χ1v) is 7.80. The lowest BCUT2D eigenvalue weighted by molar-refractivity contribution is -0.170. The highest BCUT2D eigenvalue weighted by atomic mass is 16.6. The van der Waals surface area contributed by atoms with E-state index < -0.39 is 52.8 Å². The molecule has 0 spiro atoms. The molecule has 1 fully saturated rings. The second-order valence-corrected chi connectivity index (χ2v) is 6.89. The van der Waals surface area contributed by atoms with Crippen molar-refractivity contribution in [1.29, 1.82) is 0 Å². The number of rotatable bonds is 8. The molecule has 1 rings (SSSR count). The Morgan fingerprint density at radius 1 is 1.13 bits per heavy atom. The second-order valence-electron chi connectivity index (χ2n) is 6.89. The predicted molar refractivity (Wildman–Crippen MR) is 80.4 cm³/mol. The summed E-state index contributed by atoms with van der Waals surface area (Å²) in [5.41, 5.74) is -3.35. The van der Waals surface area contributed by atoms with Crippen molar-refractivity contribution in [3.8, 4) is 0 Å². The van der Waals surface area contributed by atoms with E-state index in [0.29, 0.717) is 6.42 Å². The molecule has 0 aromatic carbocycles. The number of ether oxygens (including phenoxy) is 1. The van der Waals surface area contributed by atoms with Gasteiger partial charge in [-0.15, -0.1) is 0 Å². The fourth-order valence-corrected chi connectivity index (χ4v) is 2.60. The lowest BCUT2D eigenvalue weighted by Crippen LogP contribution is -2.51. The van der Waals surface area contributed by atoms with Gasteiger partial charge in [-0.1, -0.05) is 20.8 Å². The minimum Gasteiger partial charge on any atom is -0.442 e. The summed E-state index contributed by atoms with van der Waals surface area (Å²) in [7, 11) is 0. The Balaban J connectivity index is 3.04. The van der Waals surface area contributed by atoms with Gasteiger partial charge in [0.05, 0.1) is 11.5 Å². The van der Waals surface area contributed by atoms with Crippen molar-refractivity contribution in [1.82, 2.24) is 0 Å². The zero-order valence-corrected chi connectivity index (χ0v) is 14.2. The Morgan fingerprint density at radius 3 is 1.96 bits per heavy atom. The van der Waals surface area contributed by atoms with Crippen LogP contribution in [-0.4, -0.2) is 56.8 Å². The van der Waals surface area contributed by atoms with Crippen molar-refractivity contribution in [2.75, 3.05) is 0 Å². The van der Waals surface area contributed by atoms with E-state index in [9.17, 15) is 29.7 Å². The van der Waals surface area contributed by atoms with Crippen LogP contribution in [0.25, 0.3) is 0 Å². The predicted octanol–water partition coefficient (Wildman–Crippen LogP) is -0.0148. The SMILES string of the molecule is CCCC(=O)O[C@]1(C(=O)[C@H](O)[C@H](O)C(O)C(C)C)C(=O)C1(C)C. The van der Waals surface area contributed by atoms with Gasteiger partial charge in [0.1, 0.15) is 12.2 Å². The van der Waals surface area contributed by atoms with Crippen LogP contribution in [0.5, 0.6) is 0 Å². The highest BCUT2D eigenvalue weighted by molar-refractivity contribution is 6.29. The van der Waals surface area contributed by atoms with Crippen LogP contribution >= 0.6 is 0 Å². The number of ketones is 2. The standard InChI is InChI=1S/C16H26O7/c1-6-7-9(17)23-16(14(22)15(16,4)5)13(21)12(20)11(19)10(18)8(2)3/h8,10-12,18-20H,6-7H2,1-5H3/t10?,11-,12-,16-/m1/s1. The van der Waals surface area contributed by atoms with E-state index in [1.807, 2.05) is 0 Å². The maximum Gasteiger partial charge on any atom is 0.307 e. The minimum atomic E-state index is -2.09. The molecule has 1 aliphatic carbocycles. The van der Waals surface area contributed by atoms with Crippen molar-refractivity contribution in [3.05, 3.63) is 0 Å². The molecule has 1 unspecified atom stereocenters. The monoisotopic (exact) mass is 330 g/mol. The maximum absolute atomic E-state index is 12.5. The first-order chi connectivity index (χ1) is 10.4. The first kappa shape index (κ1) is 19.7. The number of hydrogen-bond donors (Lipinski definition) is 3. The van der Waals surface area contributed by atoms with E-state index in [1.165, 1.54) is 13.8 Å². The summed E-state index contributed by atoms with van der Waals surface area (Å²) in [6.45, 7) is 7.82. The summed E-state index contributed by atoms with van der Waals surface area (Å²) in [4.78, 5) is 36.4. The topological polar surface area (TPSA) is 121 Å². The number of aliphatic hydroxyl groups is 3. The minimum absolute atomic E-state index is 0.0334. The number of Topliss-reactive ketones (excluding diaryl/α,β-unsaturated/α-hetero) is 2. The molecule has 0 radical (unpaired) electrons. The van der Waals surface area contributed by atoms with Gasteiger partial charge in [0, 0.05) is 6.42 Å². The molecule has 0 aromatic rings. The summed E-state index contributed by atoms with van der Waals surface area (Å²) >= 11 is 0. The molecule has 0 aliphatic heterocycles. The number of carbonyl (C=O) groups excluding carboxylic acids is 3. The molecule has 7 heteroatoms. The Hall–Kier alpha value is -1.31. The molecule has 3 N–H and O–H groups in total. The molecular formula is C16H26O7. The fraction of sp³-hybridized carbons (Fsp3) is 0.812. The van der Waals surface area contributed by atoms with Crippen LogP contribution in [0.15, 0.2) is 0 Å². The van der Waals surface area contributed by atoms with Gasteiger partial charge in [-0.25, -0.2) is 0 Å². The van der Waals surface area contributed by atoms with Crippen molar-refractivity contribution < 1.29 is 34.4 Å². The summed E-state index contributed by atoms with van der Waals surface area (Å²) in [5.74, 6) is -2.84. The van der Waals surface area contributed by atoms with Crippen molar-refractivity contribution >= 4 is 17.5 Å². The number of carbonyl (C=O) groups is 3. The maximum atomic E-state index is 12.5. The van der Waals surface area contributed by atoms with E-state index in [4.69, 9.17) is 4.74 Å². The van der Waals surface area contributed by atoms with Gasteiger partial charge in [-0.3, -0.25) is 14.4 Å². The summed E-state index contributed by atoms with van der Waals surface area (Å²) in [5, 5.41) is 29.8. The van der Waals surface area contributed by atoms with Gasteiger partial charge in [-0.2, -0.15) is 0 Å². The van der Waals surface area contributed by atoms with E-state index in [-0.39, 0.29) is 6.42 Å². The van der Waals surface area contributed by atoms with E-state index in [2.05, 4.69) is 0 Å². The van der Waals surface area contributed by atoms with Gasteiger partial charge >= 0.3 is 5.97 Å². The average Bonchev–Trinajstić information content (AvgIpc) is 2.90. The van der Waals surface area contributed by atoms with Crippen molar-refractivity contribution in [3.63, 3.8) is 0 Å². The van der Waals surface area contributed by atoms with Gasteiger partial charge in [-0.05, 0) is 26.2 Å². The van der Waals surface area contributed by atoms with Crippen LogP contribution in [0, 0.1) is 11.3 Å². The third-order valence-corrected chi connectivity index (χ3v) is 4.40. The van der Waals surface area contributed by atoms with Crippen molar-refractivity contribution in [2.24, 2.45) is 11.3 Å². The van der Waals surface area contributed by atoms with Gasteiger partial charge in [0.15, 0.2) is 5.78 Å². The molecule has 7 nitrogen and oxygen atoms in total. The van der Waals surface area contributed by atoms with Crippen molar-refractivity contribution in [2.45, 2.75) is 71.4 Å². The third-order valence-electron chi connectivity index (χ3n) is 4.40. The zero-order chi connectivity index (χ0) is 18.2. The molecule has 1 saturated carbocycles. The highest BCUT2D eigenvalue weighted by Gasteiger charge is 2.80. The molecule has 1 aliphatic rings. The summed E-state index contributed by atoms with van der Waals surface area (Å²) in [6.07, 6.45) is -4.63. The largest absolute Gasteiger partial charge is 0.442 e. The Morgan fingerprint density at radius 2 is 1.61 bits per heavy atom. The molecular weight excluding hydrogens is 304 g/mol. The molecule has 132 valence electrons. The summed E-state index contributed by atoms with van der Waals surface area (Å²) in [6, 6.07) is 0. The van der Waals surface area contributed by atoms with Crippen LogP contribution in [0.2, 0.25) is 0 Å². The van der Waals surface area contributed by atoms with Crippen LogP contribution in [0.4, 0.5) is 0 Å². The van der Waals surface area contributed by atoms with E-state index in [1.54, 1.807) is 20.8 Å². The molecule has 0 amide bonds. The van der Waals surface area contributed by atoms with E-state index >= 15 is 0 Å². The van der Waals surface area contributed by atoms with Gasteiger partial charge < -0.3 is 20.1 Å². The third kappa shape index (κ3) is 3.18. The molecule has 0 saturated heterocycles. The molecule has 23 heavy (non-hydrogen) atoms. The van der Waals surface area contributed by atoms with Crippen LogP contribution in [0.1, 0.15) is 47.5 Å². The first-order valence-electron chi connectivity index (χ1n) is 7.80. The Kier molecular flexibility index (Phi) is 5.72. The number of aliphatic hydroxyl groups excluding tert-OH is 3. The molecule has 0 bridgehead atoms. The van der Waals surface area contributed by atoms with Crippen LogP contribution < -0.4 is 0 Å². The highest BCUT2D eigenvalue weighted by Crippen LogP contribution is 2.55. The quantitative estimate of drug-likeness (QED) is 0.422. The van der Waals surface area contributed by atoms with E-state index in [0.717, 1.165) is 0 Å². The lowest BCUT2D eigenvalue weighted by atomic mass is 9.91. The molecule has 0 heterocycles. The number of hydrogen-bond acceptors (Lipinski definition) is 7. The average molecular weight is 330 g/mol.